The van der Waals surface area contributed by atoms with Crippen molar-refractivity contribution >= 4 is 28.5 Å². The van der Waals surface area contributed by atoms with Crippen LogP contribution in [-0.4, -0.2) is 29.6 Å². The number of nitriles is 1. The molecule has 0 atom stereocenters. The summed E-state index contributed by atoms with van der Waals surface area (Å²) < 4.78 is 10.3. The number of allylic oxidation sites excluding steroid dienone is 1. The average Bonchev–Trinajstić information content (AvgIpc) is 2.71. The van der Waals surface area contributed by atoms with E-state index >= 15 is 0 Å². The maximum Gasteiger partial charge on any atom is 0.259 e. The van der Waals surface area contributed by atoms with E-state index in [0.29, 0.717) is 28.0 Å². The van der Waals surface area contributed by atoms with Gasteiger partial charge in [-0.15, -0.1) is 0 Å². The third kappa shape index (κ3) is 4.16. The fourth-order valence-corrected chi connectivity index (χ4v) is 2.51. The van der Waals surface area contributed by atoms with Crippen LogP contribution in [0.25, 0.3) is 22.6 Å². The van der Waals surface area contributed by atoms with Crippen LogP contribution in [0.4, 0.5) is 0 Å². The van der Waals surface area contributed by atoms with Gasteiger partial charge < -0.3 is 20.2 Å². The molecule has 0 fully saturated rings. The van der Waals surface area contributed by atoms with E-state index in [0.717, 1.165) is 0 Å². The van der Waals surface area contributed by atoms with E-state index in [-0.39, 0.29) is 23.6 Å². The first-order valence-electron chi connectivity index (χ1n) is 8.21. The summed E-state index contributed by atoms with van der Waals surface area (Å²) >= 11 is 0. The Labute approximate surface area is 159 Å². The highest BCUT2D eigenvalue weighted by atomic mass is 16.5. The summed E-state index contributed by atoms with van der Waals surface area (Å²) in [6.07, 6.45) is 1.59. The molecule has 8 nitrogen and oxygen atoms in total. The predicted octanol–water partition coefficient (Wildman–Crippen LogP) is 1.86. The van der Waals surface area contributed by atoms with Gasteiger partial charge in [0.1, 0.15) is 17.6 Å². The Kier molecular flexibility index (Phi) is 5.37. The predicted molar refractivity (Wildman–Crippen MR) is 104 cm³/mol. The Morgan fingerprint density at radius 2 is 1.96 bits per heavy atom. The van der Waals surface area contributed by atoms with Gasteiger partial charge >= 0.3 is 0 Å². The number of H-pyrrole nitrogens is 1. The number of primary amides is 1. The minimum atomic E-state index is -0.570. The van der Waals surface area contributed by atoms with Gasteiger partial charge in [0.25, 0.3) is 11.5 Å². The van der Waals surface area contributed by atoms with E-state index in [9.17, 15) is 14.9 Å². The van der Waals surface area contributed by atoms with Gasteiger partial charge in [-0.1, -0.05) is 12.1 Å². The zero-order valence-electron chi connectivity index (χ0n) is 14.9. The molecule has 3 rings (SSSR count). The number of fused-ring (bicyclic) bond motifs is 1. The molecule has 0 saturated carbocycles. The highest BCUT2D eigenvalue weighted by Gasteiger charge is 2.09. The fourth-order valence-electron chi connectivity index (χ4n) is 2.51. The summed E-state index contributed by atoms with van der Waals surface area (Å²) in [5.74, 6) is 0.613. The van der Waals surface area contributed by atoms with E-state index in [1.165, 1.54) is 7.11 Å². The van der Waals surface area contributed by atoms with Crippen molar-refractivity contribution in [3.8, 4) is 17.6 Å². The zero-order chi connectivity index (χ0) is 20.1. The minimum absolute atomic E-state index is 0.166. The molecule has 0 aliphatic heterocycles. The summed E-state index contributed by atoms with van der Waals surface area (Å²) in [6, 6.07) is 13.7. The highest BCUT2D eigenvalue weighted by Crippen LogP contribution is 2.20. The molecular weight excluding hydrogens is 360 g/mol. The number of hydrogen-bond donors (Lipinski definition) is 2. The second kappa shape index (κ2) is 8.05. The minimum Gasteiger partial charge on any atom is -0.497 e. The Hall–Kier alpha value is -4.12. The quantitative estimate of drug-likeness (QED) is 0.631. The lowest BCUT2D eigenvalue weighted by Gasteiger charge is -2.05. The Morgan fingerprint density at radius 3 is 2.61 bits per heavy atom. The van der Waals surface area contributed by atoms with Crippen LogP contribution in [0.2, 0.25) is 0 Å². The molecule has 28 heavy (non-hydrogen) atoms. The molecular formula is C20H16N4O4. The molecule has 0 spiro atoms. The van der Waals surface area contributed by atoms with E-state index < -0.39 is 5.91 Å². The first kappa shape index (κ1) is 18.7. The van der Waals surface area contributed by atoms with Crippen LogP contribution in [-0.2, 0) is 4.79 Å². The van der Waals surface area contributed by atoms with Crippen LogP contribution in [0.3, 0.4) is 0 Å². The van der Waals surface area contributed by atoms with Gasteiger partial charge in [0.2, 0.25) is 0 Å². The third-order valence-electron chi connectivity index (χ3n) is 3.86. The summed E-state index contributed by atoms with van der Waals surface area (Å²) in [6.45, 7) is -0.217. The highest BCUT2D eigenvalue weighted by molar-refractivity contribution is 5.89. The molecule has 1 aromatic heterocycles. The van der Waals surface area contributed by atoms with Gasteiger partial charge in [0.15, 0.2) is 12.4 Å². The fraction of sp³-hybridized carbons (Fsp3) is 0.100. The van der Waals surface area contributed by atoms with Crippen LogP contribution in [0, 0.1) is 11.3 Å². The molecule has 0 aliphatic rings. The van der Waals surface area contributed by atoms with Crippen molar-refractivity contribution < 1.29 is 14.3 Å². The number of aromatic amines is 1. The molecule has 140 valence electrons. The number of benzene rings is 2. The standard InChI is InChI=1S/C20H16N4O4/c1-27-15-6-7-17-16(9-15)20(26)24-19(23-17)13(10-21)8-12-2-4-14(5-3-12)28-11-18(22)25/h2-9H,11H2,1H3,(H2,22,25)(H,23,24,26). The zero-order valence-corrected chi connectivity index (χ0v) is 14.9. The van der Waals surface area contributed by atoms with Crippen LogP contribution in [0.1, 0.15) is 11.4 Å². The van der Waals surface area contributed by atoms with Gasteiger partial charge in [0, 0.05) is 0 Å². The van der Waals surface area contributed by atoms with Crippen LogP contribution in [0.15, 0.2) is 47.3 Å². The molecule has 0 bridgehead atoms. The lowest BCUT2D eigenvalue weighted by molar-refractivity contribution is -0.119. The molecule has 0 radical (unpaired) electrons. The Morgan fingerprint density at radius 1 is 1.25 bits per heavy atom. The first-order valence-corrected chi connectivity index (χ1v) is 8.21. The van der Waals surface area contributed by atoms with Crippen LogP contribution in [0.5, 0.6) is 11.5 Å². The van der Waals surface area contributed by atoms with E-state index in [1.807, 2.05) is 6.07 Å². The van der Waals surface area contributed by atoms with E-state index in [2.05, 4.69) is 9.97 Å². The number of nitrogens with two attached hydrogens (primary N) is 1. The number of nitrogens with zero attached hydrogens (tertiary/aromatic N) is 2. The molecule has 3 aromatic rings. The topological polar surface area (TPSA) is 131 Å². The van der Waals surface area contributed by atoms with Crippen molar-refractivity contribution in [1.82, 2.24) is 9.97 Å². The largest absolute Gasteiger partial charge is 0.497 e. The Balaban J connectivity index is 1.93. The third-order valence-corrected chi connectivity index (χ3v) is 3.86. The molecule has 2 aromatic carbocycles. The summed E-state index contributed by atoms with van der Waals surface area (Å²) in [5.41, 5.74) is 6.01. The smallest absolute Gasteiger partial charge is 0.259 e. The number of rotatable bonds is 6. The molecule has 0 unspecified atom stereocenters. The number of amides is 1. The lowest BCUT2D eigenvalue weighted by Crippen LogP contribution is -2.19. The molecule has 8 heteroatoms. The van der Waals surface area contributed by atoms with Crippen LogP contribution < -0.4 is 20.8 Å². The van der Waals surface area contributed by atoms with Crippen molar-refractivity contribution in [2.45, 2.75) is 0 Å². The molecule has 0 saturated heterocycles. The molecule has 3 N–H and O–H groups in total. The summed E-state index contributed by atoms with van der Waals surface area (Å²) in [7, 11) is 1.51. The van der Waals surface area contributed by atoms with Crippen molar-refractivity contribution in [3.05, 3.63) is 64.2 Å². The number of carbonyl (C=O) groups is 1. The SMILES string of the molecule is COc1ccc2nc(C(C#N)=Cc3ccc(OCC(N)=O)cc3)[nH]c(=O)c2c1. The first-order chi connectivity index (χ1) is 13.5. The maximum absolute atomic E-state index is 12.4. The number of carbonyl (C=O) groups excluding carboxylic acids is 1. The second-order valence-electron chi connectivity index (χ2n) is 5.79. The number of aromatic nitrogens is 2. The van der Waals surface area contributed by atoms with Gasteiger partial charge in [-0.3, -0.25) is 9.59 Å². The van der Waals surface area contributed by atoms with E-state index in [4.69, 9.17) is 15.2 Å². The summed E-state index contributed by atoms with van der Waals surface area (Å²) in [5, 5.41) is 9.88. The second-order valence-corrected chi connectivity index (χ2v) is 5.79. The van der Waals surface area contributed by atoms with Gasteiger partial charge in [-0.05, 0) is 42.0 Å². The number of methoxy groups -OCH3 is 1. The molecule has 0 aliphatic carbocycles. The molecule has 1 heterocycles. The van der Waals surface area contributed by atoms with Gasteiger partial charge in [-0.25, -0.2) is 4.98 Å². The molecule has 1 amide bonds. The Bertz CT molecular complexity index is 1160. The van der Waals surface area contributed by atoms with Crippen molar-refractivity contribution in [2.75, 3.05) is 13.7 Å². The normalized spacial score (nSPS) is 11.1. The van der Waals surface area contributed by atoms with Crippen molar-refractivity contribution in [2.24, 2.45) is 5.73 Å². The lowest BCUT2D eigenvalue weighted by atomic mass is 10.1. The number of ether oxygens (including phenoxy) is 2. The van der Waals surface area contributed by atoms with Crippen LogP contribution >= 0.6 is 0 Å². The monoisotopic (exact) mass is 376 g/mol. The van der Waals surface area contributed by atoms with E-state index in [1.54, 1.807) is 48.5 Å². The summed E-state index contributed by atoms with van der Waals surface area (Å²) in [4.78, 5) is 30.1. The maximum atomic E-state index is 12.4. The van der Waals surface area contributed by atoms with Gasteiger partial charge in [0.05, 0.1) is 23.6 Å². The number of nitrogens with one attached hydrogen (secondary N) is 1. The van der Waals surface area contributed by atoms with Gasteiger partial charge in [-0.2, -0.15) is 5.26 Å². The van der Waals surface area contributed by atoms with Crippen molar-refractivity contribution in [1.29, 1.82) is 5.26 Å². The average molecular weight is 376 g/mol. The number of hydrogen-bond acceptors (Lipinski definition) is 6. The van der Waals surface area contributed by atoms with Crippen molar-refractivity contribution in [3.63, 3.8) is 0 Å².